The number of hydrogen-bond donors (Lipinski definition) is 3. The largest absolute Gasteiger partial charge is 0.391 e. The maximum atomic E-state index is 12.7. The van der Waals surface area contributed by atoms with Crippen molar-refractivity contribution in [3.05, 3.63) is 48.5 Å². The van der Waals surface area contributed by atoms with Gasteiger partial charge in [-0.25, -0.2) is 8.42 Å². The highest BCUT2D eigenvalue weighted by Crippen LogP contribution is 2.36. The van der Waals surface area contributed by atoms with Crippen LogP contribution in [0.15, 0.2) is 53.4 Å². The Balaban J connectivity index is 1.83. The fourth-order valence-corrected chi connectivity index (χ4v) is 5.01. The van der Waals surface area contributed by atoms with Crippen LogP contribution in [0, 0.1) is 0 Å². The molecule has 6 nitrogen and oxygen atoms in total. The van der Waals surface area contributed by atoms with Gasteiger partial charge in [-0.05, 0) is 43.8 Å². The zero-order chi connectivity index (χ0) is 19.7. The molecule has 3 N–H and O–H groups in total. The average molecular weight is 400 g/mol. The van der Waals surface area contributed by atoms with Crippen LogP contribution in [0.2, 0.25) is 0 Å². The van der Waals surface area contributed by atoms with Crippen LogP contribution in [0.25, 0.3) is 22.2 Å². The molecule has 0 saturated carbocycles. The van der Waals surface area contributed by atoms with Crippen molar-refractivity contribution in [3.63, 3.8) is 0 Å². The van der Waals surface area contributed by atoms with E-state index in [1.807, 2.05) is 36.4 Å². The topological polar surface area (TPSA) is 85.4 Å². The molecule has 2 aromatic carbocycles. The second-order valence-electron chi connectivity index (χ2n) is 7.26. The molecule has 1 aliphatic heterocycles. The smallest absolute Gasteiger partial charge is 0.179 e. The number of anilines is 1. The Hall–Kier alpha value is -2.35. The Kier molecular flexibility index (Phi) is 5.14. The minimum atomic E-state index is -3.38. The van der Waals surface area contributed by atoms with Crippen molar-refractivity contribution < 1.29 is 13.5 Å². The molecule has 28 heavy (non-hydrogen) atoms. The molecule has 0 unspecified atom stereocenters. The van der Waals surface area contributed by atoms with Crippen molar-refractivity contribution in [2.24, 2.45) is 0 Å². The van der Waals surface area contributed by atoms with Crippen LogP contribution in [0.3, 0.4) is 0 Å². The minimum absolute atomic E-state index is 0.0530. The maximum Gasteiger partial charge on any atom is 0.179 e. The number of rotatable bonds is 6. The first kappa shape index (κ1) is 19.0. The van der Waals surface area contributed by atoms with E-state index in [9.17, 15) is 13.5 Å². The van der Waals surface area contributed by atoms with Crippen LogP contribution >= 0.6 is 0 Å². The summed E-state index contributed by atoms with van der Waals surface area (Å²) in [6, 6.07) is 15.3. The predicted molar refractivity (Wildman–Crippen MR) is 113 cm³/mol. The van der Waals surface area contributed by atoms with Gasteiger partial charge in [0.05, 0.1) is 16.8 Å². The molecule has 2 heterocycles. The van der Waals surface area contributed by atoms with Crippen LogP contribution in [-0.2, 0) is 9.84 Å². The van der Waals surface area contributed by atoms with Crippen molar-refractivity contribution in [1.82, 2.24) is 10.3 Å². The first-order valence-corrected chi connectivity index (χ1v) is 11.2. The number of β-amino-alcohol motifs (C(OH)–C–C–N with tert-alkyl or cyclic N) is 1. The van der Waals surface area contributed by atoms with Crippen molar-refractivity contribution >= 4 is 26.4 Å². The van der Waals surface area contributed by atoms with Gasteiger partial charge in [-0.15, -0.1) is 0 Å². The first-order chi connectivity index (χ1) is 13.5. The lowest BCUT2D eigenvalue weighted by Crippen LogP contribution is -2.22. The molecule has 1 saturated heterocycles. The SMILES string of the molecule is CNCCS(=O)(=O)c1ccc(N2CC[C@H](O)C2)c(-c2cc3ccccc3[nH]2)c1. The Morgan fingerprint density at radius 1 is 1.21 bits per heavy atom. The van der Waals surface area contributed by atoms with Crippen LogP contribution in [0.4, 0.5) is 5.69 Å². The summed E-state index contributed by atoms with van der Waals surface area (Å²) in [5.41, 5.74) is 3.67. The Bertz CT molecular complexity index is 1060. The quantitative estimate of drug-likeness (QED) is 0.593. The second-order valence-corrected chi connectivity index (χ2v) is 9.37. The van der Waals surface area contributed by atoms with E-state index in [0.29, 0.717) is 24.4 Å². The summed E-state index contributed by atoms with van der Waals surface area (Å²) < 4.78 is 25.5. The number of aromatic nitrogens is 1. The molecule has 1 fully saturated rings. The van der Waals surface area contributed by atoms with E-state index in [0.717, 1.165) is 34.4 Å². The van der Waals surface area contributed by atoms with Gasteiger partial charge in [0.1, 0.15) is 0 Å². The van der Waals surface area contributed by atoms with E-state index in [1.54, 1.807) is 19.2 Å². The van der Waals surface area contributed by atoms with Crippen LogP contribution < -0.4 is 10.2 Å². The van der Waals surface area contributed by atoms with Gasteiger partial charge in [0.25, 0.3) is 0 Å². The molecule has 1 aromatic heterocycles. The lowest BCUT2D eigenvalue weighted by molar-refractivity contribution is 0.198. The highest BCUT2D eigenvalue weighted by molar-refractivity contribution is 7.91. The van der Waals surface area contributed by atoms with Gasteiger partial charge in [-0.1, -0.05) is 18.2 Å². The summed E-state index contributed by atoms with van der Waals surface area (Å²) >= 11 is 0. The molecule has 0 amide bonds. The molecule has 148 valence electrons. The Labute approximate surface area is 165 Å². The zero-order valence-corrected chi connectivity index (χ0v) is 16.7. The Morgan fingerprint density at radius 3 is 2.75 bits per heavy atom. The van der Waals surface area contributed by atoms with Crippen molar-refractivity contribution in [3.8, 4) is 11.3 Å². The molecule has 7 heteroatoms. The minimum Gasteiger partial charge on any atom is -0.391 e. The number of nitrogens with one attached hydrogen (secondary N) is 2. The van der Waals surface area contributed by atoms with Crippen LogP contribution in [0.5, 0.6) is 0 Å². The third-order valence-electron chi connectivity index (χ3n) is 5.27. The number of hydrogen-bond acceptors (Lipinski definition) is 5. The number of fused-ring (bicyclic) bond motifs is 1. The molecule has 0 aliphatic carbocycles. The zero-order valence-electron chi connectivity index (χ0n) is 15.9. The highest BCUT2D eigenvalue weighted by Gasteiger charge is 2.25. The molecular weight excluding hydrogens is 374 g/mol. The van der Waals surface area contributed by atoms with Gasteiger partial charge in [-0.3, -0.25) is 0 Å². The van der Waals surface area contributed by atoms with Gasteiger partial charge in [0, 0.05) is 47.5 Å². The molecule has 0 bridgehead atoms. The monoisotopic (exact) mass is 399 g/mol. The van der Waals surface area contributed by atoms with E-state index < -0.39 is 9.84 Å². The lowest BCUT2D eigenvalue weighted by Gasteiger charge is -2.22. The fourth-order valence-electron chi connectivity index (χ4n) is 3.73. The summed E-state index contributed by atoms with van der Waals surface area (Å²) in [6.45, 7) is 1.71. The summed E-state index contributed by atoms with van der Waals surface area (Å²) in [4.78, 5) is 5.85. The van der Waals surface area contributed by atoms with Gasteiger partial charge in [0.15, 0.2) is 9.84 Å². The molecule has 1 atom stereocenters. The van der Waals surface area contributed by atoms with Crippen molar-refractivity contribution in [2.75, 3.05) is 37.3 Å². The second kappa shape index (κ2) is 7.58. The van der Waals surface area contributed by atoms with Crippen LogP contribution in [-0.4, -0.2) is 57.0 Å². The van der Waals surface area contributed by atoms with Gasteiger partial charge in [-0.2, -0.15) is 0 Å². The molecule has 1 aliphatic rings. The van der Waals surface area contributed by atoms with Crippen LogP contribution in [0.1, 0.15) is 6.42 Å². The predicted octanol–water partition coefficient (Wildman–Crippen LogP) is 2.40. The molecule has 0 radical (unpaired) electrons. The summed E-state index contributed by atoms with van der Waals surface area (Å²) in [7, 11) is -1.64. The molecule has 0 spiro atoms. The summed E-state index contributed by atoms with van der Waals surface area (Å²) in [6.07, 6.45) is 0.364. The van der Waals surface area contributed by atoms with E-state index in [-0.39, 0.29) is 11.9 Å². The van der Waals surface area contributed by atoms with E-state index in [2.05, 4.69) is 15.2 Å². The number of sulfone groups is 1. The number of aliphatic hydroxyl groups excluding tert-OH is 1. The maximum absolute atomic E-state index is 12.7. The number of aliphatic hydroxyl groups is 1. The third kappa shape index (κ3) is 3.65. The number of para-hydroxylation sites is 1. The molecule has 4 rings (SSSR count). The third-order valence-corrected chi connectivity index (χ3v) is 6.99. The number of benzene rings is 2. The van der Waals surface area contributed by atoms with E-state index in [4.69, 9.17) is 0 Å². The van der Waals surface area contributed by atoms with Crippen molar-refractivity contribution in [2.45, 2.75) is 17.4 Å². The highest BCUT2D eigenvalue weighted by atomic mass is 32.2. The summed E-state index contributed by atoms with van der Waals surface area (Å²) in [5.74, 6) is 0.0530. The Morgan fingerprint density at radius 2 is 2.04 bits per heavy atom. The average Bonchev–Trinajstić information content (AvgIpc) is 3.32. The lowest BCUT2D eigenvalue weighted by atomic mass is 10.1. The molecular formula is C21H25N3O3S. The van der Waals surface area contributed by atoms with Gasteiger partial charge < -0.3 is 20.3 Å². The van der Waals surface area contributed by atoms with Gasteiger partial charge >= 0.3 is 0 Å². The summed E-state index contributed by atoms with van der Waals surface area (Å²) in [5, 5.41) is 13.9. The van der Waals surface area contributed by atoms with E-state index >= 15 is 0 Å². The standard InChI is InChI=1S/C21H25N3O3S/c1-22-9-11-28(26,27)17-6-7-21(24-10-8-16(25)14-24)18(13-17)20-12-15-4-2-3-5-19(15)23-20/h2-7,12-13,16,22-23,25H,8-11,14H2,1H3/t16-/m0/s1. The molecule has 3 aromatic rings. The van der Waals surface area contributed by atoms with Crippen molar-refractivity contribution in [1.29, 1.82) is 0 Å². The number of nitrogens with zero attached hydrogens (tertiary/aromatic N) is 1. The normalized spacial score (nSPS) is 17.5. The first-order valence-electron chi connectivity index (χ1n) is 9.50. The van der Waals surface area contributed by atoms with Gasteiger partial charge in [0.2, 0.25) is 0 Å². The fraction of sp³-hybridized carbons (Fsp3) is 0.333. The van der Waals surface area contributed by atoms with E-state index in [1.165, 1.54) is 0 Å². The number of H-pyrrole nitrogens is 1. The number of aromatic amines is 1.